The monoisotopic (exact) mass is 238 g/mol. The predicted molar refractivity (Wildman–Crippen MR) is 51.6 cm³/mol. The van der Waals surface area contributed by atoms with Gasteiger partial charge in [-0.3, -0.25) is 0 Å². The summed E-state index contributed by atoms with van der Waals surface area (Å²) in [6.45, 7) is 0. The van der Waals surface area contributed by atoms with Crippen molar-refractivity contribution in [2.45, 2.75) is 11.1 Å². The fourth-order valence-corrected chi connectivity index (χ4v) is 2.87. The van der Waals surface area contributed by atoms with Crippen LogP contribution in [0.5, 0.6) is 0 Å². The van der Waals surface area contributed by atoms with Gasteiger partial charge in [0.25, 0.3) is 9.05 Å². The van der Waals surface area contributed by atoms with Gasteiger partial charge in [-0.2, -0.15) is 16.9 Å². The van der Waals surface area contributed by atoms with E-state index in [1.165, 1.54) is 16.9 Å². The van der Waals surface area contributed by atoms with E-state index < -0.39 is 9.05 Å². The summed E-state index contributed by atoms with van der Waals surface area (Å²) >= 11 is 1.76. The summed E-state index contributed by atoms with van der Waals surface area (Å²) in [7, 11) is 1.59. The second kappa shape index (κ2) is 3.18. The molecule has 7 heteroatoms. The van der Waals surface area contributed by atoms with E-state index in [9.17, 15) is 8.42 Å². The highest BCUT2D eigenvalue weighted by molar-refractivity contribution is 8.13. The molecule has 0 amide bonds. The minimum absolute atomic E-state index is 0.0967. The molecular weight excluding hydrogens is 232 g/mol. The van der Waals surface area contributed by atoms with Crippen LogP contribution in [0.15, 0.2) is 17.3 Å². The first-order chi connectivity index (χ1) is 6.09. The van der Waals surface area contributed by atoms with E-state index in [0.717, 1.165) is 11.5 Å². The summed E-state index contributed by atoms with van der Waals surface area (Å²) in [4.78, 5) is 0. The predicted octanol–water partition coefficient (Wildman–Crippen LogP) is 1.10. The first-order valence-electron chi connectivity index (χ1n) is 3.65. The lowest BCUT2D eigenvalue weighted by molar-refractivity contribution is 0.478. The smallest absolute Gasteiger partial charge is 0.248 e. The molecule has 1 aromatic heterocycles. The maximum absolute atomic E-state index is 11.1. The third-order valence-electron chi connectivity index (χ3n) is 1.85. The first-order valence-corrected chi connectivity index (χ1v) is 7.11. The lowest BCUT2D eigenvalue weighted by atomic mass is 10.4. The molecule has 13 heavy (non-hydrogen) atoms. The van der Waals surface area contributed by atoms with Crippen LogP contribution in [0.3, 0.4) is 0 Å². The van der Waals surface area contributed by atoms with Gasteiger partial charge < -0.3 is 0 Å². The topological polar surface area (TPSA) is 52.0 Å². The molecule has 1 aliphatic heterocycles. The summed E-state index contributed by atoms with van der Waals surface area (Å²) in [5.74, 6) is 1.81. The van der Waals surface area contributed by atoms with E-state index >= 15 is 0 Å². The van der Waals surface area contributed by atoms with Crippen LogP contribution in [-0.2, 0) is 9.05 Å². The number of aromatic nitrogens is 2. The van der Waals surface area contributed by atoms with Crippen LogP contribution in [0.25, 0.3) is 0 Å². The van der Waals surface area contributed by atoms with E-state index in [2.05, 4.69) is 5.10 Å². The van der Waals surface area contributed by atoms with Gasteiger partial charge in [0.05, 0.1) is 12.2 Å². The van der Waals surface area contributed by atoms with Crippen molar-refractivity contribution >= 4 is 31.5 Å². The lowest BCUT2D eigenvalue weighted by Gasteiger charge is -2.26. The van der Waals surface area contributed by atoms with Crippen molar-refractivity contribution in [1.82, 2.24) is 9.78 Å². The number of thioether (sulfide) groups is 1. The number of hydrogen-bond donors (Lipinski definition) is 0. The minimum atomic E-state index is -3.65. The highest BCUT2D eigenvalue weighted by Gasteiger charge is 2.26. The summed E-state index contributed by atoms with van der Waals surface area (Å²) in [6.07, 6.45) is 1.46. The molecule has 1 aliphatic rings. The summed E-state index contributed by atoms with van der Waals surface area (Å²) < 4.78 is 23.6. The quantitative estimate of drug-likeness (QED) is 0.724. The average Bonchev–Trinajstić information content (AvgIpc) is 2.29. The van der Waals surface area contributed by atoms with Gasteiger partial charge in [-0.25, -0.2) is 13.1 Å². The number of halogens is 1. The van der Waals surface area contributed by atoms with Crippen LogP contribution in [-0.4, -0.2) is 29.7 Å². The molecule has 1 aromatic rings. The van der Waals surface area contributed by atoms with Crippen molar-refractivity contribution in [1.29, 1.82) is 0 Å². The second-order valence-electron chi connectivity index (χ2n) is 2.74. The van der Waals surface area contributed by atoms with E-state index in [0.29, 0.717) is 0 Å². The lowest BCUT2D eigenvalue weighted by Crippen LogP contribution is -2.25. The summed E-state index contributed by atoms with van der Waals surface area (Å²) in [5.41, 5.74) is 0. The Bertz CT molecular complexity index is 410. The Labute approximate surface area is 84.7 Å². The fraction of sp³-hybridized carbons (Fsp3) is 0.500. The SMILES string of the molecule is O=S(=O)(Cl)c1ccnn1C1CSC1. The molecule has 0 bridgehead atoms. The van der Waals surface area contributed by atoms with E-state index in [-0.39, 0.29) is 11.1 Å². The van der Waals surface area contributed by atoms with E-state index in [1.54, 1.807) is 11.8 Å². The molecule has 4 nitrogen and oxygen atoms in total. The van der Waals surface area contributed by atoms with Crippen LogP contribution in [0.4, 0.5) is 0 Å². The van der Waals surface area contributed by atoms with Crippen molar-refractivity contribution in [2.24, 2.45) is 0 Å². The molecule has 2 heterocycles. The van der Waals surface area contributed by atoms with Crippen LogP contribution in [0, 0.1) is 0 Å². The number of nitrogens with zero attached hydrogens (tertiary/aromatic N) is 2. The molecule has 2 rings (SSSR count). The molecule has 0 unspecified atom stereocenters. The third kappa shape index (κ3) is 1.70. The van der Waals surface area contributed by atoms with Gasteiger partial charge in [0.1, 0.15) is 0 Å². The molecule has 0 saturated carbocycles. The van der Waals surface area contributed by atoms with Gasteiger partial charge in [-0.1, -0.05) is 0 Å². The van der Waals surface area contributed by atoms with Gasteiger partial charge in [0, 0.05) is 22.2 Å². The minimum Gasteiger partial charge on any atom is -0.248 e. The first kappa shape index (κ1) is 9.36. The summed E-state index contributed by atoms with van der Waals surface area (Å²) in [5, 5.41) is 4.04. The highest BCUT2D eigenvalue weighted by Crippen LogP contribution is 2.31. The fourth-order valence-electron chi connectivity index (χ4n) is 1.13. The zero-order valence-electron chi connectivity index (χ0n) is 6.55. The third-order valence-corrected chi connectivity index (χ3v) is 4.39. The van der Waals surface area contributed by atoms with Crippen LogP contribution in [0.1, 0.15) is 6.04 Å². The molecule has 72 valence electrons. The molecule has 0 N–H and O–H groups in total. The van der Waals surface area contributed by atoms with Crippen LogP contribution in [0.2, 0.25) is 0 Å². The van der Waals surface area contributed by atoms with Crippen molar-refractivity contribution in [3.63, 3.8) is 0 Å². The van der Waals surface area contributed by atoms with Gasteiger partial charge in [-0.05, 0) is 6.07 Å². The maximum atomic E-state index is 11.1. The Hall–Kier alpha value is -0.200. The maximum Gasteiger partial charge on any atom is 0.278 e. The molecular formula is C6H7ClN2O2S2. The van der Waals surface area contributed by atoms with Crippen molar-refractivity contribution in [3.8, 4) is 0 Å². The van der Waals surface area contributed by atoms with E-state index in [4.69, 9.17) is 10.7 Å². The molecule has 0 atom stereocenters. The molecule has 0 radical (unpaired) electrons. The molecule has 0 spiro atoms. The number of hydrogen-bond acceptors (Lipinski definition) is 4. The Morgan fingerprint density at radius 3 is 2.77 bits per heavy atom. The molecule has 0 aliphatic carbocycles. The summed E-state index contributed by atoms with van der Waals surface area (Å²) in [6, 6.07) is 1.61. The molecule has 1 saturated heterocycles. The van der Waals surface area contributed by atoms with Gasteiger partial charge in [-0.15, -0.1) is 0 Å². The Balaban J connectivity index is 2.41. The highest BCUT2D eigenvalue weighted by atomic mass is 35.7. The zero-order chi connectivity index (χ0) is 9.47. The molecule has 0 aromatic carbocycles. The number of rotatable bonds is 2. The van der Waals surface area contributed by atoms with Crippen molar-refractivity contribution in [2.75, 3.05) is 11.5 Å². The van der Waals surface area contributed by atoms with Crippen LogP contribution < -0.4 is 0 Å². The van der Waals surface area contributed by atoms with Crippen molar-refractivity contribution < 1.29 is 8.42 Å². The largest absolute Gasteiger partial charge is 0.278 e. The Morgan fingerprint density at radius 2 is 2.31 bits per heavy atom. The Kier molecular flexibility index (Phi) is 2.29. The standard InChI is InChI=1S/C6H7ClN2O2S2/c7-13(10,11)6-1-2-8-9(6)5-3-12-4-5/h1-2,5H,3-4H2. The van der Waals surface area contributed by atoms with Crippen LogP contribution >= 0.6 is 22.4 Å². The second-order valence-corrected chi connectivity index (χ2v) is 6.33. The van der Waals surface area contributed by atoms with Gasteiger partial charge in [0.15, 0.2) is 5.03 Å². The zero-order valence-corrected chi connectivity index (χ0v) is 8.94. The van der Waals surface area contributed by atoms with Crippen molar-refractivity contribution in [3.05, 3.63) is 12.3 Å². The van der Waals surface area contributed by atoms with E-state index in [1.807, 2.05) is 0 Å². The molecule has 1 fully saturated rings. The average molecular weight is 239 g/mol. The normalized spacial score (nSPS) is 18.5. The Morgan fingerprint density at radius 1 is 1.62 bits per heavy atom. The van der Waals surface area contributed by atoms with Gasteiger partial charge in [0.2, 0.25) is 0 Å². The van der Waals surface area contributed by atoms with Gasteiger partial charge >= 0.3 is 0 Å².